The molecule has 2 aromatic heterocycles. The lowest BCUT2D eigenvalue weighted by Crippen LogP contribution is -2.24. The number of aromatic nitrogens is 3. The van der Waals surface area contributed by atoms with E-state index in [9.17, 15) is 0 Å². The van der Waals surface area contributed by atoms with Crippen molar-refractivity contribution in [3.05, 3.63) is 35.2 Å². The molecule has 0 unspecified atom stereocenters. The Morgan fingerprint density at radius 2 is 2.39 bits per heavy atom. The van der Waals surface area contributed by atoms with Crippen molar-refractivity contribution in [3.8, 4) is 0 Å². The molecule has 3 rings (SSSR count). The summed E-state index contributed by atoms with van der Waals surface area (Å²) in [6, 6.07) is 0.418. The van der Waals surface area contributed by atoms with Crippen molar-refractivity contribution >= 4 is 0 Å². The first-order chi connectivity index (χ1) is 8.75. The Labute approximate surface area is 106 Å². The molecule has 0 aromatic carbocycles. The third kappa shape index (κ3) is 1.95. The maximum absolute atomic E-state index is 5.29. The molecule has 1 N–H and O–H groups in total. The second-order valence-electron chi connectivity index (χ2n) is 4.90. The first-order valence-corrected chi connectivity index (χ1v) is 6.41. The number of H-pyrrole nitrogens is 1. The number of rotatable bonds is 3. The van der Waals surface area contributed by atoms with Crippen LogP contribution in [-0.4, -0.2) is 26.6 Å². The zero-order valence-electron chi connectivity index (χ0n) is 10.8. The molecule has 1 aliphatic heterocycles. The van der Waals surface area contributed by atoms with Crippen LogP contribution in [0.25, 0.3) is 0 Å². The predicted octanol–water partition coefficient (Wildman–Crippen LogP) is 2.35. The lowest BCUT2D eigenvalue weighted by atomic mass is 10.0. The number of nitrogens with zero attached hydrogens (tertiary/aromatic N) is 3. The Hall–Kier alpha value is -1.62. The van der Waals surface area contributed by atoms with Crippen LogP contribution in [0.5, 0.6) is 0 Å². The van der Waals surface area contributed by atoms with Gasteiger partial charge in [0.15, 0.2) is 0 Å². The van der Waals surface area contributed by atoms with E-state index in [2.05, 4.69) is 20.0 Å². The molecule has 0 spiro atoms. The fourth-order valence-corrected chi connectivity index (χ4v) is 2.88. The predicted molar refractivity (Wildman–Crippen MR) is 66.9 cm³/mol. The summed E-state index contributed by atoms with van der Waals surface area (Å²) in [7, 11) is 0. The van der Waals surface area contributed by atoms with Gasteiger partial charge < -0.3 is 9.51 Å². The topological polar surface area (TPSA) is 58.0 Å². The molecule has 2 aromatic rings. The molecule has 1 atom stereocenters. The Bertz CT molecular complexity index is 498. The number of aromatic amines is 1. The van der Waals surface area contributed by atoms with Gasteiger partial charge in [0.25, 0.3) is 0 Å². The molecule has 3 heterocycles. The van der Waals surface area contributed by atoms with Gasteiger partial charge in [-0.3, -0.25) is 4.90 Å². The van der Waals surface area contributed by atoms with E-state index in [-0.39, 0.29) is 0 Å². The average Bonchev–Trinajstić information content (AvgIpc) is 3.04. The van der Waals surface area contributed by atoms with Crippen LogP contribution in [0.2, 0.25) is 0 Å². The summed E-state index contributed by atoms with van der Waals surface area (Å²) >= 11 is 0. The Morgan fingerprint density at radius 3 is 3.06 bits per heavy atom. The third-order valence-corrected chi connectivity index (χ3v) is 3.69. The van der Waals surface area contributed by atoms with Crippen LogP contribution >= 0.6 is 0 Å². The van der Waals surface area contributed by atoms with Crippen LogP contribution in [0, 0.1) is 13.8 Å². The normalized spacial score (nSPS) is 20.7. The van der Waals surface area contributed by atoms with Crippen LogP contribution in [0.15, 0.2) is 16.9 Å². The van der Waals surface area contributed by atoms with E-state index < -0.39 is 0 Å². The molecule has 5 heteroatoms. The fourth-order valence-electron chi connectivity index (χ4n) is 2.88. The van der Waals surface area contributed by atoms with Gasteiger partial charge in [-0.25, -0.2) is 4.98 Å². The smallest absolute Gasteiger partial charge is 0.138 e. The highest BCUT2D eigenvalue weighted by atomic mass is 16.5. The van der Waals surface area contributed by atoms with Gasteiger partial charge in [0, 0.05) is 24.0 Å². The van der Waals surface area contributed by atoms with Crippen LogP contribution in [0.1, 0.15) is 41.7 Å². The monoisotopic (exact) mass is 246 g/mol. The van der Waals surface area contributed by atoms with Gasteiger partial charge >= 0.3 is 0 Å². The van der Waals surface area contributed by atoms with E-state index in [1.807, 2.05) is 20.0 Å². The van der Waals surface area contributed by atoms with Gasteiger partial charge in [-0.1, -0.05) is 5.16 Å². The van der Waals surface area contributed by atoms with Crippen molar-refractivity contribution in [2.45, 2.75) is 39.3 Å². The number of hydrogen-bond acceptors (Lipinski definition) is 4. The first-order valence-electron chi connectivity index (χ1n) is 6.41. The van der Waals surface area contributed by atoms with E-state index in [0.717, 1.165) is 30.4 Å². The molecule has 1 fully saturated rings. The molecular weight excluding hydrogens is 228 g/mol. The summed E-state index contributed by atoms with van der Waals surface area (Å²) in [5.74, 6) is 1.97. The highest BCUT2D eigenvalue weighted by Gasteiger charge is 2.30. The van der Waals surface area contributed by atoms with Crippen LogP contribution < -0.4 is 0 Å². The van der Waals surface area contributed by atoms with E-state index in [1.54, 1.807) is 6.20 Å². The van der Waals surface area contributed by atoms with Gasteiger partial charge in [-0.15, -0.1) is 0 Å². The lowest BCUT2D eigenvalue weighted by molar-refractivity contribution is 0.240. The number of likely N-dealkylation sites (tertiary alicyclic amines) is 1. The van der Waals surface area contributed by atoms with E-state index in [0.29, 0.717) is 6.04 Å². The molecular formula is C13H18N4O. The third-order valence-electron chi connectivity index (χ3n) is 3.69. The van der Waals surface area contributed by atoms with Gasteiger partial charge in [0.1, 0.15) is 11.6 Å². The van der Waals surface area contributed by atoms with Gasteiger partial charge in [0.2, 0.25) is 0 Å². The van der Waals surface area contributed by atoms with Crippen LogP contribution in [0.3, 0.4) is 0 Å². The quantitative estimate of drug-likeness (QED) is 0.903. The Morgan fingerprint density at radius 1 is 1.50 bits per heavy atom. The first kappa shape index (κ1) is 11.5. The number of imidazole rings is 1. The second-order valence-corrected chi connectivity index (χ2v) is 4.90. The second kappa shape index (κ2) is 4.57. The van der Waals surface area contributed by atoms with Gasteiger partial charge in [0.05, 0.1) is 12.2 Å². The largest absolute Gasteiger partial charge is 0.361 e. The minimum Gasteiger partial charge on any atom is -0.361 e. The lowest BCUT2D eigenvalue weighted by Gasteiger charge is -2.23. The Balaban J connectivity index is 1.83. The summed E-state index contributed by atoms with van der Waals surface area (Å²) in [5, 5.41) is 4.07. The SMILES string of the molecule is Cc1noc(C)c1[C@H]1CCCN1Cc1ncc[nH]1. The van der Waals surface area contributed by atoms with Crippen molar-refractivity contribution in [2.75, 3.05) is 6.54 Å². The zero-order valence-corrected chi connectivity index (χ0v) is 10.8. The summed E-state index contributed by atoms with van der Waals surface area (Å²) in [6.07, 6.45) is 6.06. The molecule has 0 aliphatic carbocycles. The van der Waals surface area contributed by atoms with Crippen LogP contribution in [0.4, 0.5) is 0 Å². The number of nitrogens with one attached hydrogen (secondary N) is 1. The number of aryl methyl sites for hydroxylation is 2. The van der Waals surface area contributed by atoms with Crippen LogP contribution in [-0.2, 0) is 6.54 Å². The zero-order chi connectivity index (χ0) is 12.5. The standard InChI is InChI=1S/C13H18N4O/c1-9-13(10(2)18-16-9)11-4-3-7-17(11)8-12-14-5-6-15-12/h5-6,11H,3-4,7-8H2,1-2H3,(H,14,15)/t11-/m1/s1. The van der Waals surface area contributed by atoms with Gasteiger partial charge in [-0.2, -0.15) is 0 Å². The van der Waals surface area contributed by atoms with Crippen molar-refractivity contribution < 1.29 is 4.52 Å². The van der Waals surface area contributed by atoms with Gasteiger partial charge in [-0.05, 0) is 33.2 Å². The van der Waals surface area contributed by atoms with Crippen molar-refractivity contribution in [3.63, 3.8) is 0 Å². The molecule has 96 valence electrons. The van der Waals surface area contributed by atoms with Crippen molar-refractivity contribution in [1.29, 1.82) is 0 Å². The summed E-state index contributed by atoms with van der Waals surface area (Å²) in [5.41, 5.74) is 2.28. The molecule has 5 nitrogen and oxygen atoms in total. The summed E-state index contributed by atoms with van der Waals surface area (Å²) in [6.45, 7) is 5.99. The maximum Gasteiger partial charge on any atom is 0.138 e. The minimum atomic E-state index is 0.418. The fraction of sp³-hybridized carbons (Fsp3) is 0.538. The minimum absolute atomic E-state index is 0.418. The summed E-state index contributed by atoms with van der Waals surface area (Å²) in [4.78, 5) is 9.92. The number of hydrogen-bond donors (Lipinski definition) is 1. The molecule has 0 amide bonds. The van der Waals surface area contributed by atoms with E-state index in [1.165, 1.54) is 18.4 Å². The van der Waals surface area contributed by atoms with E-state index >= 15 is 0 Å². The summed E-state index contributed by atoms with van der Waals surface area (Å²) < 4.78 is 5.29. The maximum atomic E-state index is 5.29. The molecule has 0 radical (unpaired) electrons. The van der Waals surface area contributed by atoms with Crippen molar-refractivity contribution in [2.24, 2.45) is 0 Å². The average molecular weight is 246 g/mol. The molecule has 1 aliphatic rings. The molecule has 0 bridgehead atoms. The molecule has 1 saturated heterocycles. The highest BCUT2D eigenvalue weighted by molar-refractivity contribution is 5.26. The van der Waals surface area contributed by atoms with E-state index in [4.69, 9.17) is 4.52 Å². The highest BCUT2D eigenvalue weighted by Crippen LogP contribution is 2.36. The molecule has 0 saturated carbocycles. The van der Waals surface area contributed by atoms with Crippen molar-refractivity contribution in [1.82, 2.24) is 20.0 Å². The molecule has 18 heavy (non-hydrogen) atoms. The Kier molecular flexibility index (Phi) is 2.91.